The van der Waals surface area contributed by atoms with Gasteiger partial charge in [-0.25, -0.2) is 4.68 Å². The number of para-hydroxylation sites is 1. The van der Waals surface area contributed by atoms with Crippen molar-refractivity contribution >= 4 is 28.3 Å². The minimum absolute atomic E-state index is 0.0722. The van der Waals surface area contributed by atoms with Crippen molar-refractivity contribution in [2.45, 2.75) is 13.3 Å². The molecular formula is C16H13ClN4O2. The monoisotopic (exact) mass is 328 g/mol. The molecule has 0 unspecified atom stereocenters. The molecule has 0 amide bonds. The van der Waals surface area contributed by atoms with E-state index >= 15 is 0 Å². The number of fused-ring (bicyclic) bond motifs is 1. The Kier molecular flexibility index (Phi) is 4.08. The second-order valence-corrected chi connectivity index (χ2v) is 5.34. The highest BCUT2D eigenvalue weighted by Gasteiger charge is 2.22. The molecule has 0 aliphatic carbocycles. The SMILES string of the molecule is CC/C(=C(/c1ccc(Cl)cc1)n1nnc2ccccc21)[N+](=O)[O-]. The Morgan fingerprint density at radius 3 is 2.57 bits per heavy atom. The predicted molar refractivity (Wildman–Crippen MR) is 88.6 cm³/mol. The molecular weight excluding hydrogens is 316 g/mol. The number of nitrogens with zero attached hydrogens (tertiary/aromatic N) is 4. The minimum atomic E-state index is -0.375. The van der Waals surface area contributed by atoms with Crippen LogP contribution in [0, 0.1) is 10.1 Å². The lowest BCUT2D eigenvalue weighted by Gasteiger charge is -2.10. The van der Waals surface area contributed by atoms with Gasteiger partial charge in [0.25, 0.3) is 5.70 Å². The van der Waals surface area contributed by atoms with Crippen molar-refractivity contribution in [2.24, 2.45) is 0 Å². The normalized spacial score (nSPS) is 12.3. The van der Waals surface area contributed by atoms with Crippen LogP contribution < -0.4 is 0 Å². The van der Waals surface area contributed by atoms with Crippen molar-refractivity contribution in [1.29, 1.82) is 0 Å². The summed E-state index contributed by atoms with van der Waals surface area (Å²) < 4.78 is 1.51. The van der Waals surface area contributed by atoms with Crippen LogP contribution in [0.2, 0.25) is 5.02 Å². The van der Waals surface area contributed by atoms with Gasteiger partial charge in [0.15, 0.2) is 0 Å². The van der Waals surface area contributed by atoms with Crippen LogP contribution in [0.15, 0.2) is 54.2 Å². The zero-order chi connectivity index (χ0) is 16.4. The van der Waals surface area contributed by atoms with E-state index in [2.05, 4.69) is 10.3 Å². The summed E-state index contributed by atoms with van der Waals surface area (Å²) in [5, 5.41) is 20.3. The summed E-state index contributed by atoms with van der Waals surface area (Å²) in [6.07, 6.45) is 0.263. The lowest BCUT2D eigenvalue weighted by Crippen LogP contribution is -2.10. The fourth-order valence-electron chi connectivity index (χ4n) is 2.44. The quantitative estimate of drug-likeness (QED) is 0.536. The molecule has 0 spiro atoms. The molecule has 23 heavy (non-hydrogen) atoms. The first-order valence-corrected chi connectivity index (χ1v) is 7.44. The van der Waals surface area contributed by atoms with E-state index in [4.69, 9.17) is 11.6 Å². The molecule has 6 nitrogen and oxygen atoms in total. The van der Waals surface area contributed by atoms with Crippen molar-refractivity contribution in [1.82, 2.24) is 15.0 Å². The van der Waals surface area contributed by atoms with Gasteiger partial charge in [0.1, 0.15) is 11.2 Å². The number of allylic oxidation sites excluding steroid dienone is 1. The van der Waals surface area contributed by atoms with Crippen LogP contribution >= 0.6 is 11.6 Å². The van der Waals surface area contributed by atoms with Crippen LogP contribution in [0.3, 0.4) is 0 Å². The average Bonchev–Trinajstić information content (AvgIpc) is 2.97. The van der Waals surface area contributed by atoms with E-state index in [-0.39, 0.29) is 17.0 Å². The van der Waals surface area contributed by atoms with E-state index in [9.17, 15) is 10.1 Å². The predicted octanol–water partition coefficient (Wildman–Crippen LogP) is 3.99. The summed E-state index contributed by atoms with van der Waals surface area (Å²) in [4.78, 5) is 11.1. The molecule has 0 aliphatic rings. The molecule has 1 aromatic heterocycles. The maximum Gasteiger partial charge on any atom is 0.272 e. The maximum absolute atomic E-state index is 11.5. The van der Waals surface area contributed by atoms with Crippen LogP contribution in [0.4, 0.5) is 0 Å². The van der Waals surface area contributed by atoms with E-state index in [0.29, 0.717) is 27.3 Å². The Bertz CT molecular complexity index is 900. The van der Waals surface area contributed by atoms with Crippen LogP contribution in [-0.4, -0.2) is 19.9 Å². The number of nitro groups is 1. The van der Waals surface area contributed by atoms with Crippen LogP contribution in [0.1, 0.15) is 18.9 Å². The largest absolute Gasteiger partial charge is 0.272 e. The van der Waals surface area contributed by atoms with E-state index in [1.807, 2.05) is 24.3 Å². The summed E-state index contributed by atoms with van der Waals surface area (Å²) in [7, 11) is 0. The molecule has 3 aromatic rings. The van der Waals surface area contributed by atoms with E-state index < -0.39 is 0 Å². The average molecular weight is 329 g/mol. The van der Waals surface area contributed by atoms with Crippen LogP contribution in [0.5, 0.6) is 0 Å². The van der Waals surface area contributed by atoms with E-state index in [0.717, 1.165) is 0 Å². The Morgan fingerprint density at radius 2 is 1.91 bits per heavy atom. The molecule has 0 N–H and O–H groups in total. The fraction of sp³-hybridized carbons (Fsp3) is 0.125. The highest BCUT2D eigenvalue weighted by atomic mass is 35.5. The van der Waals surface area contributed by atoms with Gasteiger partial charge in [0.2, 0.25) is 0 Å². The lowest BCUT2D eigenvalue weighted by molar-refractivity contribution is -0.426. The third kappa shape index (κ3) is 2.80. The van der Waals surface area contributed by atoms with Gasteiger partial charge in [0.05, 0.1) is 10.4 Å². The summed E-state index contributed by atoms with van der Waals surface area (Å²) in [5.41, 5.74) is 2.53. The molecule has 2 aromatic carbocycles. The highest BCUT2D eigenvalue weighted by Crippen LogP contribution is 2.27. The van der Waals surface area contributed by atoms with Crippen LogP contribution in [0.25, 0.3) is 16.7 Å². The molecule has 1 heterocycles. The Labute approximate surface area is 137 Å². The van der Waals surface area contributed by atoms with Crippen molar-refractivity contribution < 1.29 is 4.92 Å². The molecule has 0 radical (unpaired) electrons. The third-order valence-electron chi connectivity index (χ3n) is 3.51. The maximum atomic E-state index is 11.5. The zero-order valence-corrected chi connectivity index (χ0v) is 13.1. The number of hydrogen-bond acceptors (Lipinski definition) is 4. The van der Waals surface area contributed by atoms with Crippen molar-refractivity contribution in [3.63, 3.8) is 0 Å². The number of aromatic nitrogens is 3. The molecule has 0 fully saturated rings. The number of hydrogen-bond donors (Lipinski definition) is 0. The minimum Gasteiger partial charge on any atom is -0.259 e. The first-order valence-electron chi connectivity index (χ1n) is 7.06. The first kappa shape index (κ1) is 15.2. The standard InChI is InChI=1S/C16H13ClN4O2/c1-2-14(21(22)23)16(11-7-9-12(17)10-8-11)20-15-6-4-3-5-13(15)18-19-20/h3-10H,2H2,1H3/b16-14+. The molecule has 0 saturated carbocycles. The Balaban J connectivity index is 2.32. The number of halogens is 1. The third-order valence-corrected chi connectivity index (χ3v) is 3.76. The van der Waals surface area contributed by atoms with Gasteiger partial charge in [0, 0.05) is 17.0 Å². The molecule has 0 atom stereocenters. The summed E-state index contributed by atoms with van der Waals surface area (Å²) in [6.45, 7) is 1.74. The smallest absolute Gasteiger partial charge is 0.259 e. The first-order chi connectivity index (χ1) is 11.1. The second-order valence-electron chi connectivity index (χ2n) is 4.90. The van der Waals surface area contributed by atoms with E-state index in [1.54, 1.807) is 31.2 Å². The summed E-state index contributed by atoms with van der Waals surface area (Å²) >= 11 is 5.93. The van der Waals surface area contributed by atoms with Gasteiger partial charge in [-0.1, -0.05) is 48.0 Å². The van der Waals surface area contributed by atoms with Gasteiger partial charge >= 0.3 is 0 Å². The second kappa shape index (κ2) is 6.18. The molecule has 0 saturated heterocycles. The van der Waals surface area contributed by atoms with Crippen molar-refractivity contribution in [2.75, 3.05) is 0 Å². The van der Waals surface area contributed by atoms with Gasteiger partial charge in [-0.15, -0.1) is 5.10 Å². The fourth-order valence-corrected chi connectivity index (χ4v) is 2.56. The summed E-state index contributed by atoms with van der Waals surface area (Å²) in [5.74, 6) is 0. The molecule has 3 rings (SSSR count). The zero-order valence-electron chi connectivity index (χ0n) is 12.3. The van der Waals surface area contributed by atoms with Gasteiger partial charge in [-0.2, -0.15) is 0 Å². The number of rotatable bonds is 4. The Hall–Kier alpha value is -2.73. The summed E-state index contributed by atoms with van der Waals surface area (Å²) in [6, 6.07) is 14.2. The van der Waals surface area contributed by atoms with Gasteiger partial charge in [-0.3, -0.25) is 10.1 Å². The highest BCUT2D eigenvalue weighted by molar-refractivity contribution is 6.30. The van der Waals surface area contributed by atoms with Crippen LogP contribution in [-0.2, 0) is 0 Å². The number of benzene rings is 2. The lowest BCUT2D eigenvalue weighted by atomic mass is 10.1. The topological polar surface area (TPSA) is 73.8 Å². The van der Waals surface area contributed by atoms with Crippen molar-refractivity contribution in [3.05, 3.63) is 74.9 Å². The molecule has 0 aliphatic heterocycles. The molecule has 0 bridgehead atoms. The van der Waals surface area contributed by atoms with Crippen molar-refractivity contribution in [3.8, 4) is 0 Å². The van der Waals surface area contributed by atoms with Gasteiger partial charge in [-0.05, 0) is 24.3 Å². The molecule has 116 valence electrons. The Morgan fingerprint density at radius 1 is 1.22 bits per heavy atom. The van der Waals surface area contributed by atoms with Gasteiger partial charge < -0.3 is 0 Å². The van der Waals surface area contributed by atoms with E-state index in [1.165, 1.54) is 4.68 Å². The molecule has 7 heteroatoms.